The van der Waals surface area contributed by atoms with Gasteiger partial charge in [-0.25, -0.2) is 0 Å². The highest BCUT2D eigenvalue weighted by Crippen LogP contribution is 2.23. The predicted octanol–water partition coefficient (Wildman–Crippen LogP) is -0.0900. The van der Waals surface area contributed by atoms with Crippen LogP contribution in [0.3, 0.4) is 0 Å². The highest BCUT2D eigenvalue weighted by atomic mass is 16.6. The number of carbonyl (C=O) groups is 2. The van der Waals surface area contributed by atoms with Crippen molar-refractivity contribution in [3.63, 3.8) is 0 Å². The van der Waals surface area contributed by atoms with Crippen LogP contribution in [-0.2, 0) is 33.3 Å². The van der Waals surface area contributed by atoms with Gasteiger partial charge in [-0.15, -0.1) is 0 Å². The molecule has 1 aliphatic rings. The molecule has 0 aliphatic carbocycles. The van der Waals surface area contributed by atoms with Crippen LogP contribution in [0, 0.1) is 0 Å². The lowest BCUT2D eigenvalue weighted by atomic mass is 9.99. The molecule has 0 spiro atoms. The molecule has 1 aliphatic heterocycles. The van der Waals surface area contributed by atoms with Gasteiger partial charge < -0.3 is 23.7 Å². The smallest absolute Gasteiger partial charge is 0.303 e. The van der Waals surface area contributed by atoms with Crippen molar-refractivity contribution in [2.24, 2.45) is 0 Å². The molecule has 4 atom stereocenters. The van der Waals surface area contributed by atoms with Crippen LogP contribution in [-0.4, -0.2) is 63.8 Å². The summed E-state index contributed by atoms with van der Waals surface area (Å²) in [7, 11) is 3.01. The minimum atomic E-state index is -0.708. The van der Waals surface area contributed by atoms with Crippen molar-refractivity contribution >= 4 is 11.9 Å². The van der Waals surface area contributed by atoms with Crippen molar-refractivity contribution in [1.82, 2.24) is 0 Å². The first-order valence-electron chi connectivity index (χ1n) is 5.97. The van der Waals surface area contributed by atoms with Crippen LogP contribution < -0.4 is 0 Å². The maximum atomic E-state index is 11.2. The van der Waals surface area contributed by atoms with E-state index in [1.54, 1.807) is 0 Å². The van der Waals surface area contributed by atoms with Gasteiger partial charge in [-0.05, 0) is 0 Å². The standard InChI is InChI=1S/C12H20O7/c1-7(13)18-10-6-17-9(5-15-3)11(16-4)12(10)19-8(2)14/h9-12H,5-6H2,1-4H3. The molecule has 0 amide bonds. The lowest BCUT2D eigenvalue weighted by Gasteiger charge is -2.40. The summed E-state index contributed by atoms with van der Waals surface area (Å²) in [6.45, 7) is 3.00. The molecule has 0 aromatic carbocycles. The number of hydrogen-bond donors (Lipinski definition) is 0. The zero-order valence-electron chi connectivity index (χ0n) is 11.6. The summed E-state index contributed by atoms with van der Waals surface area (Å²) in [5.41, 5.74) is 0. The van der Waals surface area contributed by atoms with Crippen LogP contribution in [0.4, 0.5) is 0 Å². The first-order chi connectivity index (χ1) is 8.99. The third-order valence-electron chi connectivity index (χ3n) is 2.75. The normalized spacial score (nSPS) is 30.7. The Hall–Kier alpha value is -1.18. The molecular weight excluding hydrogens is 256 g/mol. The Bertz CT molecular complexity index is 317. The second-order valence-electron chi connectivity index (χ2n) is 4.25. The fourth-order valence-corrected chi connectivity index (χ4v) is 2.07. The first kappa shape index (κ1) is 15.9. The highest BCUT2D eigenvalue weighted by Gasteiger charge is 2.44. The SMILES string of the molecule is COCC1OCC(OC(C)=O)C(OC(C)=O)C1OC. The third kappa shape index (κ3) is 4.45. The van der Waals surface area contributed by atoms with Gasteiger partial charge in [0.1, 0.15) is 12.2 Å². The van der Waals surface area contributed by atoms with Crippen molar-refractivity contribution in [1.29, 1.82) is 0 Å². The van der Waals surface area contributed by atoms with E-state index < -0.39 is 30.3 Å². The monoisotopic (exact) mass is 276 g/mol. The molecule has 0 radical (unpaired) electrons. The quantitative estimate of drug-likeness (QED) is 0.649. The predicted molar refractivity (Wildman–Crippen MR) is 63.5 cm³/mol. The summed E-state index contributed by atoms with van der Waals surface area (Å²) in [5.74, 6) is -0.937. The van der Waals surface area contributed by atoms with Crippen LogP contribution in [0.15, 0.2) is 0 Å². The van der Waals surface area contributed by atoms with Gasteiger partial charge in [0.05, 0.1) is 13.2 Å². The van der Waals surface area contributed by atoms with Crippen LogP contribution in [0.2, 0.25) is 0 Å². The van der Waals surface area contributed by atoms with E-state index in [-0.39, 0.29) is 12.7 Å². The molecule has 1 heterocycles. The maximum absolute atomic E-state index is 11.2. The second-order valence-corrected chi connectivity index (χ2v) is 4.25. The van der Waals surface area contributed by atoms with Gasteiger partial charge in [0.15, 0.2) is 12.2 Å². The molecule has 110 valence electrons. The van der Waals surface area contributed by atoms with Gasteiger partial charge in [0.25, 0.3) is 0 Å². The maximum Gasteiger partial charge on any atom is 0.303 e. The minimum Gasteiger partial charge on any atom is -0.456 e. The molecule has 4 unspecified atom stereocenters. The lowest BCUT2D eigenvalue weighted by molar-refractivity contribution is -0.227. The molecule has 0 N–H and O–H groups in total. The van der Waals surface area contributed by atoms with Crippen molar-refractivity contribution in [2.45, 2.75) is 38.3 Å². The van der Waals surface area contributed by atoms with E-state index in [9.17, 15) is 9.59 Å². The summed E-state index contributed by atoms with van der Waals surface area (Å²) in [5, 5.41) is 0. The fourth-order valence-electron chi connectivity index (χ4n) is 2.07. The molecule has 0 aromatic heterocycles. The van der Waals surface area contributed by atoms with Crippen molar-refractivity contribution in [3.8, 4) is 0 Å². The van der Waals surface area contributed by atoms with Gasteiger partial charge in [0, 0.05) is 28.1 Å². The zero-order valence-corrected chi connectivity index (χ0v) is 11.6. The number of esters is 2. The van der Waals surface area contributed by atoms with Crippen molar-refractivity contribution in [3.05, 3.63) is 0 Å². The Kier molecular flexibility index (Phi) is 6.20. The van der Waals surface area contributed by atoms with Crippen LogP contribution >= 0.6 is 0 Å². The zero-order chi connectivity index (χ0) is 14.4. The Morgan fingerprint density at radius 2 is 1.74 bits per heavy atom. The summed E-state index contributed by atoms with van der Waals surface area (Å²) in [6.07, 6.45) is -2.33. The van der Waals surface area contributed by atoms with E-state index in [2.05, 4.69) is 0 Å². The largest absolute Gasteiger partial charge is 0.456 e. The van der Waals surface area contributed by atoms with E-state index in [0.717, 1.165) is 0 Å². The summed E-state index contributed by atoms with van der Waals surface area (Å²) >= 11 is 0. The molecule has 0 aromatic rings. The number of methoxy groups -OCH3 is 2. The molecule has 0 saturated carbocycles. The third-order valence-corrected chi connectivity index (χ3v) is 2.75. The van der Waals surface area contributed by atoms with Crippen molar-refractivity contribution < 1.29 is 33.3 Å². The van der Waals surface area contributed by atoms with Gasteiger partial charge in [-0.2, -0.15) is 0 Å². The molecule has 0 bridgehead atoms. The van der Waals surface area contributed by atoms with E-state index in [0.29, 0.717) is 6.61 Å². The molecule has 19 heavy (non-hydrogen) atoms. The fraction of sp³-hybridized carbons (Fsp3) is 0.833. The number of rotatable bonds is 5. The van der Waals surface area contributed by atoms with Gasteiger partial charge >= 0.3 is 11.9 Å². The molecule has 7 heteroatoms. The van der Waals surface area contributed by atoms with Crippen LogP contribution in [0.1, 0.15) is 13.8 Å². The molecule has 1 saturated heterocycles. The summed E-state index contributed by atoms with van der Waals surface area (Å²) in [4.78, 5) is 22.2. The van der Waals surface area contributed by atoms with Gasteiger partial charge in [-0.1, -0.05) is 0 Å². The van der Waals surface area contributed by atoms with Crippen LogP contribution in [0.25, 0.3) is 0 Å². The molecule has 1 rings (SSSR count). The summed E-state index contributed by atoms with van der Waals surface area (Å²) in [6, 6.07) is 0. The van der Waals surface area contributed by atoms with Gasteiger partial charge in [0.2, 0.25) is 0 Å². The second kappa shape index (κ2) is 7.42. The minimum absolute atomic E-state index is 0.130. The highest BCUT2D eigenvalue weighted by molar-refractivity contribution is 5.67. The lowest BCUT2D eigenvalue weighted by Crippen LogP contribution is -2.57. The number of ether oxygens (including phenoxy) is 5. The van der Waals surface area contributed by atoms with E-state index in [4.69, 9.17) is 23.7 Å². The van der Waals surface area contributed by atoms with E-state index in [1.807, 2.05) is 0 Å². The van der Waals surface area contributed by atoms with E-state index >= 15 is 0 Å². The molecular formula is C12H20O7. The first-order valence-corrected chi connectivity index (χ1v) is 5.97. The number of hydrogen-bond acceptors (Lipinski definition) is 7. The van der Waals surface area contributed by atoms with Crippen molar-refractivity contribution in [2.75, 3.05) is 27.4 Å². The Balaban J connectivity index is 2.84. The molecule has 7 nitrogen and oxygen atoms in total. The molecule has 1 fully saturated rings. The van der Waals surface area contributed by atoms with Gasteiger partial charge in [-0.3, -0.25) is 9.59 Å². The Morgan fingerprint density at radius 1 is 1.11 bits per heavy atom. The topological polar surface area (TPSA) is 80.3 Å². The Labute approximate surface area is 112 Å². The Morgan fingerprint density at radius 3 is 2.21 bits per heavy atom. The van der Waals surface area contributed by atoms with Crippen LogP contribution in [0.5, 0.6) is 0 Å². The number of carbonyl (C=O) groups excluding carboxylic acids is 2. The van der Waals surface area contributed by atoms with E-state index in [1.165, 1.54) is 28.1 Å². The average molecular weight is 276 g/mol. The summed E-state index contributed by atoms with van der Waals surface area (Å²) < 4.78 is 26.2. The average Bonchev–Trinajstić information content (AvgIpc) is 2.32.